The second kappa shape index (κ2) is 7.54. The normalized spacial score (nSPS) is 10.4. The van der Waals surface area contributed by atoms with E-state index in [0.29, 0.717) is 41.0 Å². The van der Waals surface area contributed by atoms with Gasteiger partial charge < -0.3 is 20.5 Å². The summed E-state index contributed by atoms with van der Waals surface area (Å²) in [5.41, 5.74) is 7.33. The Morgan fingerprint density at radius 1 is 1.17 bits per heavy atom. The summed E-state index contributed by atoms with van der Waals surface area (Å²) < 4.78 is 11.0. The molecule has 3 N–H and O–H groups in total. The number of nitrogens with one attached hydrogen (secondary N) is 1. The number of nitrogen functional groups attached to an aromatic ring is 1. The first-order chi connectivity index (χ1) is 11.0. The number of hydrogen-bond donors (Lipinski definition) is 2. The van der Waals surface area contributed by atoms with Gasteiger partial charge in [-0.25, -0.2) is 0 Å². The highest BCUT2D eigenvalue weighted by Crippen LogP contribution is 2.28. The van der Waals surface area contributed by atoms with Crippen LogP contribution in [0.5, 0.6) is 11.5 Å². The van der Waals surface area contributed by atoms with E-state index in [1.807, 2.05) is 6.07 Å². The van der Waals surface area contributed by atoms with Crippen LogP contribution in [-0.2, 0) is 0 Å². The second-order valence-electron chi connectivity index (χ2n) is 5.61. The van der Waals surface area contributed by atoms with Crippen LogP contribution in [0.3, 0.4) is 0 Å². The minimum Gasteiger partial charge on any atom is -0.494 e. The van der Waals surface area contributed by atoms with Crippen LogP contribution in [0.4, 0.5) is 11.4 Å². The van der Waals surface area contributed by atoms with Crippen molar-refractivity contribution in [3.05, 3.63) is 48.0 Å². The molecule has 2 aromatic rings. The molecule has 5 heteroatoms. The number of anilines is 2. The van der Waals surface area contributed by atoms with Crippen molar-refractivity contribution < 1.29 is 14.3 Å². The quantitative estimate of drug-likeness (QED) is 0.800. The molecule has 0 aliphatic carbocycles. The maximum Gasteiger partial charge on any atom is 0.259 e. The highest BCUT2D eigenvalue weighted by atomic mass is 16.5. The van der Waals surface area contributed by atoms with Crippen LogP contribution in [0.15, 0.2) is 42.5 Å². The maximum absolute atomic E-state index is 12.6. The Kier molecular flexibility index (Phi) is 5.46. The highest BCUT2D eigenvalue weighted by Gasteiger charge is 2.14. The van der Waals surface area contributed by atoms with Crippen LogP contribution >= 0.6 is 0 Å². The third-order valence-corrected chi connectivity index (χ3v) is 3.18. The molecule has 0 atom stereocenters. The Hall–Kier alpha value is -2.69. The topological polar surface area (TPSA) is 73.6 Å². The molecule has 0 aliphatic heterocycles. The Morgan fingerprint density at radius 3 is 2.61 bits per heavy atom. The van der Waals surface area contributed by atoms with Crippen molar-refractivity contribution in [2.75, 3.05) is 24.8 Å². The van der Waals surface area contributed by atoms with Crippen molar-refractivity contribution in [1.29, 1.82) is 0 Å². The minimum atomic E-state index is -0.257. The number of carbonyl (C=O) groups excluding carboxylic acids is 1. The molecular formula is C18H22N2O3. The van der Waals surface area contributed by atoms with E-state index >= 15 is 0 Å². The van der Waals surface area contributed by atoms with Gasteiger partial charge >= 0.3 is 0 Å². The van der Waals surface area contributed by atoms with Crippen LogP contribution in [0.1, 0.15) is 24.2 Å². The van der Waals surface area contributed by atoms with Crippen molar-refractivity contribution >= 4 is 17.3 Å². The molecule has 1 amide bonds. The number of amides is 1. The van der Waals surface area contributed by atoms with Crippen LogP contribution in [-0.4, -0.2) is 19.6 Å². The average Bonchev–Trinajstić information content (AvgIpc) is 2.54. The molecule has 0 saturated heterocycles. The summed E-state index contributed by atoms with van der Waals surface area (Å²) in [6.45, 7) is 4.67. The molecular weight excluding hydrogens is 292 g/mol. The minimum absolute atomic E-state index is 0.257. The number of carbonyl (C=O) groups is 1. The lowest BCUT2D eigenvalue weighted by molar-refractivity contribution is 0.102. The first-order valence-corrected chi connectivity index (χ1v) is 7.48. The Balaban J connectivity index is 2.21. The van der Waals surface area contributed by atoms with Gasteiger partial charge in [0.25, 0.3) is 5.91 Å². The van der Waals surface area contributed by atoms with Gasteiger partial charge in [0.1, 0.15) is 11.5 Å². The molecule has 0 bridgehead atoms. The lowest BCUT2D eigenvalue weighted by atomic mass is 10.1. The molecule has 0 unspecified atom stereocenters. The van der Waals surface area contributed by atoms with Crippen LogP contribution in [0.25, 0.3) is 0 Å². The van der Waals surface area contributed by atoms with Crippen molar-refractivity contribution in [2.24, 2.45) is 5.92 Å². The van der Waals surface area contributed by atoms with Crippen molar-refractivity contribution in [3.63, 3.8) is 0 Å². The summed E-state index contributed by atoms with van der Waals surface area (Å²) in [4.78, 5) is 12.6. The van der Waals surface area contributed by atoms with Crippen molar-refractivity contribution in [1.82, 2.24) is 0 Å². The average molecular weight is 314 g/mol. The molecule has 23 heavy (non-hydrogen) atoms. The first-order valence-electron chi connectivity index (χ1n) is 7.48. The van der Waals surface area contributed by atoms with E-state index in [9.17, 15) is 4.79 Å². The van der Waals surface area contributed by atoms with E-state index in [1.165, 1.54) is 7.11 Å². The van der Waals surface area contributed by atoms with Crippen LogP contribution < -0.4 is 20.5 Å². The highest BCUT2D eigenvalue weighted by molar-refractivity contribution is 6.07. The summed E-state index contributed by atoms with van der Waals surface area (Å²) in [6, 6.07) is 12.2. The predicted octanol–water partition coefficient (Wildman–Crippen LogP) is 3.56. The summed E-state index contributed by atoms with van der Waals surface area (Å²) in [5, 5.41) is 2.83. The van der Waals surface area contributed by atoms with Gasteiger partial charge in [-0.05, 0) is 30.2 Å². The SMILES string of the molecule is COc1cc(N)ccc1NC(=O)c1ccccc1OCC(C)C. The van der Waals surface area contributed by atoms with E-state index in [-0.39, 0.29) is 5.91 Å². The third-order valence-electron chi connectivity index (χ3n) is 3.18. The third kappa shape index (κ3) is 4.39. The van der Waals surface area contributed by atoms with E-state index in [1.54, 1.807) is 36.4 Å². The molecule has 2 rings (SSSR count). The fourth-order valence-corrected chi connectivity index (χ4v) is 2.04. The van der Waals surface area contributed by atoms with E-state index in [0.717, 1.165) is 0 Å². The monoisotopic (exact) mass is 314 g/mol. The molecule has 2 aromatic carbocycles. The van der Waals surface area contributed by atoms with Gasteiger partial charge in [-0.2, -0.15) is 0 Å². The van der Waals surface area contributed by atoms with Gasteiger partial charge in [-0.15, -0.1) is 0 Å². The van der Waals surface area contributed by atoms with Gasteiger partial charge in [0, 0.05) is 11.8 Å². The largest absolute Gasteiger partial charge is 0.494 e. The van der Waals surface area contributed by atoms with E-state index in [4.69, 9.17) is 15.2 Å². The van der Waals surface area contributed by atoms with E-state index < -0.39 is 0 Å². The molecule has 0 heterocycles. The molecule has 5 nitrogen and oxygen atoms in total. The molecule has 0 aromatic heterocycles. The van der Waals surface area contributed by atoms with Crippen molar-refractivity contribution in [2.45, 2.75) is 13.8 Å². The molecule has 122 valence electrons. The zero-order chi connectivity index (χ0) is 16.8. The molecule has 0 spiro atoms. The smallest absolute Gasteiger partial charge is 0.259 e. The lowest BCUT2D eigenvalue weighted by Crippen LogP contribution is -2.15. The number of hydrogen-bond acceptors (Lipinski definition) is 4. The second-order valence-corrected chi connectivity index (χ2v) is 5.61. The number of rotatable bonds is 6. The number of para-hydroxylation sites is 1. The standard InChI is InChI=1S/C18H22N2O3/c1-12(2)11-23-16-7-5-4-6-14(16)18(21)20-15-9-8-13(19)10-17(15)22-3/h4-10,12H,11,19H2,1-3H3,(H,20,21). The molecule has 0 aliphatic rings. The van der Waals surface area contributed by atoms with Gasteiger partial charge in [0.15, 0.2) is 0 Å². The number of ether oxygens (including phenoxy) is 2. The number of benzene rings is 2. The molecule has 0 radical (unpaired) electrons. The fourth-order valence-electron chi connectivity index (χ4n) is 2.04. The number of methoxy groups -OCH3 is 1. The van der Waals surface area contributed by atoms with Gasteiger partial charge in [0.05, 0.1) is 25.0 Å². The van der Waals surface area contributed by atoms with Crippen LogP contribution in [0, 0.1) is 5.92 Å². The first kappa shape index (κ1) is 16.7. The van der Waals surface area contributed by atoms with Crippen LogP contribution in [0.2, 0.25) is 0 Å². The predicted molar refractivity (Wildman–Crippen MR) is 92.1 cm³/mol. The number of nitrogens with two attached hydrogens (primary N) is 1. The zero-order valence-electron chi connectivity index (χ0n) is 13.6. The zero-order valence-corrected chi connectivity index (χ0v) is 13.6. The van der Waals surface area contributed by atoms with Gasteiger partial charge in [0.2, 0.25) is 0 Å². The van der Waals surface area contributed by atoms with E-state index in [2.05, 4.69) is 19.2 Å². The fraction of sp³-hybridized carbons (Fsp3) is 0.278. The maximum atomic E-state index is 12.6. The molecule has 0 saturated carbocycles. The summed E-state index contributed by atoms with van der Waals surface area (Å²) in [6.07, 6.45) is 0. The summed E-state index contributed by atoms with van der Waals surface area (Å²) in [5.74, 6) is 1.20. The van der Waals surface area contributed by atoms with Gasteiger partial charge in [-0.1, -0.05) is 26.0 Å². The van der Waals surface area contributed by atoms with Gasteiger partial charge in [-0.3, -0.25) is 4.79 Å². The Labute approximate surface area is 136 Å². The molecule has 0 fully saturated rings. The Morgan fingerprint density at radius 2 is 1.91 bits per heavy atom. The Bertz CT molecular complexity index is 684. The van der Waals surface area contributed by atoms with Crippen molar-refractivity contribution in [3.8, 4) is 11.5 Å². The summed E-state index contributed by atoms with van der Waals surface area (Å²) >= 11 is 0. The summed E-state index contributed by atoms with van der Waals surface area (Å²) in [7, 11) is 1.53. The lowest BCUT2D eigenvalue weighted by Gasteiger charge is -2.14.